The van der Waals surface area contributed by atoms with Crippen molar-refractivity contribution in [2.45, 2.75) is 6.61 Å². The van der Waals surface area contributed by atoms with Gasteiger partial charge in [0.15, 0.2) is 0 Å². The third-order valence-corrected chi connectivity index (χ3v) is 5.32. The van der Waals surface area contributed by atoms with Gasteiger partial charge in [0.25, 0.3) is 0 Å². The normalized spacial score (nSPS) is 10.9. The molecule has 0 bridgehead atoms. The van der Waals surface area contributed by atoms with Crippen molar-refractivity contribution in [1.82, 2.24) is 0 Å². The minimum absolute atomic E-state index is 0.542. The molecule has 5 aromatic rings. The SMILES string of the molecule is COc1ccc2c(-c3ccccc3)c(-c3ccc(OCc4ccccc4)cc3)oc2c1. The summed E-state index contributed by atoms with van der Waals surface area (Å²) in [5.74, 6) is 2.44. The predicted molar refractivity (Wildman–Crippen MR) is 124 cm³/mol. The lowest BCUT2D eigenvalue weighted by atomic mass is 9.98. The van der Waals surface area contributed by atoms with Gasteiger partial charge in [-0.2, -0.15) is 0 Å². The zero-order chi connectivity index (χ0) is 21.0. The standard InChI is InChI=1S/C28H22O3/c1-29-24-16-17-25-26(18-24)31-28(27(25)21-10-6-3-7-11-21)22-12-14-23(15-13-22)30-19-20-8-4-2-5-9-20/h2-18H,19H2,1H3. The first-order valence-corrected chi connectivity index (χ1v) is 10.2. The van der Waals surface area contributed by atoms with Crippen LogP contribution in [0.5, 0.6) is 11.5 Å². The average Bonchev–Trinajstić information content (AvgIpc) is 3.23. The van der Waals surface area contributed by atoms with Gasteiger partial charge in [0.1, 0.15) is 29.4 Å². The molecular formula is C28H22O3. The molecule has 0 spiro atoms. The number of fused-ring (bicyclic) bond motifs is 1. The van der Waals surface area contributed by atoms with Crippen LogP contribution in [-0.2, 0) is 6.61 Å². The smallest absolute Gasteiger partial charge is 0.143 e. The highest BCUT2D eigenvalue weighted by molar-refractivity contribution is 6.02. The van der Waals surface area contributed by atoms with E-state index < -0.39 is 0 Å². The number of hydrogen-bond donors (Lipinski definition) is 0. The fourth-order valence-corrected chi connectivity index (χ4v) is 3.74. The van der Waals surface area contributed by atoms with E-state index in [0.29, 0.717) is 6.61 Å². The van der Waals surface area contributed by atoms with E-state index in [4.69, 9.17) is 13.9 Å². The summed E-state index contributed by atoms with van der Waals surface area (Å²) in [6.07, 6.45) is 0. The van der Waals surface area contributed by atoms with Gasteiger partial charge in [-0.15, -0.1) is 0 Å². The van der Waals surface area contributed by atoms with E-state index in [1.54, 1.807) is 7.11 Å². The molecule has 0 atom stereocenters. The summed E-state index contributed by atoms with van der Waals surface area (Å²) in [7, 11) is 1.66. The van der Waals surface area contributed by atoms with Crippen molar-refractivity contribution in [2.24, 2.45) is 0 Å². The fourth-order valence-electron chi connectivity index (χ4n) is 3.74. The first-order valence-electron chi connectivity index (χ1n) is 10.2. The monoisotopic (exact) mass is 406 g/mol. The van der Waals surface area contributed by atoms with Crippen LogP contribution in [-0.4, -0.2) is 7.11 Å². The highest BCUT2D eigenvalue weighted by atomic mass is 16.5. The van der Waals surface area contributed by atoms with Crippen molar-refractivity contribution in [3.8, 4) is 33.9 Å². The van der Waals surface area contributed by atoms with Gasteiger partial charge in [-0.1, -0.05) is 60.7 Å². The Hall–Kier alpha value is -3.98. The predicted octanol–water partition coefficient (Wildman–Crippen LogP) is 7.35. The molecule has 0 saturated carbocycles. The molecule has 0 unspecified atom stereocenters. The second-order valence-corrected chi connectivity index (χ2v) is 7.33. The molecule has 5 rings (SSSR count). The summed E-state index contributed by atoms with van der Waals surface area (Å²) in [5.41, 5.74) is 5.14. The Morgan fingerprint density at radius 2 is 1.35 bits per heavy atom. The van der Waals surface area contributed by atoms with E-state index in [9.17, 15) is 0 Å². The van der Waals surface area contributed by atoms with Crippen LogP contribution in [0.2, 0.25) is 0 Å². The first-order chi connectivity index (χ1) is 15.3. The minimum Gasteiger partial charge on any atom is -0.497 e. The lowest BCUT2D eigenvalue weighted by Crippen LogP contribution is -1.94. The van der Waals surface area contributed by atoms with Gasteiger partial charge in [-0.05, 0) is 47.5 Å². The van der Waals surface area contributed by atoms with Crippen molar-refractivity contribution >= 4 is 11.0 Å². The molecule has 3 heteroatoms. The number of methoxy groups -OCH3 is 1. The zero-order valence-electron chi connectivity index (χ0n) is 17.2. The molecule has 0 N–H and O–H groups in total. The van der Waals surface area contributed by atoms with Crippen molar-refractivity contribution in [3.05, 3.63) is 109 Å². The molecule has 0 radical (unpaired) electrons. The van der Waals surface area contributed by atoms with Crippen LogP contribution in [0.15, 0.2) is 108 Å². The van der Waals surface area contributed by atoms with Crippen LogP contribution in [0.3, 0.4) is 0 Å². The Bertz CT molecular complexity index is 1290. The molecule has 0 saturated heterocycles. The molecule has 0 amide bonds. The summed E-state index contributed by atoms with van der Waals surface area (Å²) in [4.78, 5) is 0. The summed E-state index contributed by atoms with van der Waals surface area (Å²) in [6.45, 7) is 0.542. The maximum absolute atomic E-state index is 6.33. The molecule has 152 valence electrons. The molecule has 31 heavy (non-hydrogen) atoms. The van der Waals surface area contributed by atoms with E-state index >= 15 is 0 Å². The van der Waals surface area contributed by atoms with Crippen LogP contribution in [0.25, 0.3) is 33.4 Å². The Balaban J connectivity index is 1.51. The molecule has 4 aromatic carbocycles. The van der Waals surface area contributed by atoms with Crippen molar-refractivity contribution in [1.29, 1.82) is 0 Å². The van der Waals surface area contributed by atoms with E-state index in [1.807, 2.05) is 72.8 Å². The first kappa shape index (κ1) is 19.0. The molecule has 3 nitrogen and oxygen atoms in total. The maximum Gasteiger partial charge on any atom is 0.143 e. The van der Waals surface area contributed by atoms with Crippen molar-refractivity contribution < 1.29 is 13.9 Å². The number of rotatable bonds is 6. The highest BCUT2D eigenvalue weighted by Crippen LogP contribution is 2.42. The second-order valence-electron chi connectivity index (χ2n) is 7.33. The van der Waals surface area contributed by atoms with Crippen LogP contribution < -0.4 is 9.47 Å². The number of furan rings is 1. The number of ether oxygens (including phenoxy) is 2. The van der Waals surface area contributed by atoms with Gasteiger partial charge in [0.2, 0.25) is 0 Å². The van der Waals surface area contributed by atoms with E-state index in [2.05, 4.69) is 30.3 Å². The second kappa shape index (κ2) is 8.41. The van der Waals surface area contributed by atoms with Crippen molar-refractivity contribution in [3.63, 3.8) is 0 Å². The average molecular weight is 406 g/mol. The number of benzene rings is 4. The van der Waals surface area contributed by atoms with Crippen molar-refractivity contribution in [2.75, 3.05) is 7.11 Å². The van der Waals surface area contributed by atoms with Gasteiger partial charge in [-0.25, -0.2) is 0 Å². The number of hydrogen-bond acceptors (Lipinski definition) is 3. The van der Waals surface area contributed by atoms with Crippen LogP contribution in [0, 0.1) is 0 Å². The minimum atomic E-state index is 0.542. The largest absolute Gasteiger partial charge is 0.497 e. The van der Waals surface area contributed by atoms with Crippen LogP contribution in [0.1, 0.15) is 5.56 Å². The third kappa shape index (κ3) is 3.90. The van der Waals surface area contributed by atoms with E-state index in [0.717, 1.165) is 50.5 Å². The quantitative estimate of drug-likeness (QED) is 0.295. The Labute approximate surface area is 181 Å². The maximum atomic E-state index is 6.33. The van der Waals surface area contributed by atoms with Gasteiger partial charge in [0.05, 0.1) is 7.11 Å². The lowest BCUT2D eigenvalue weighted by Gasteiger charge is -2.08. The molecular weight excluding hydrogens is 384 g/mol. The van der Waals surface area contributed by atoms with Gasteiger partial charge < -0.3 is 13.9 Å². The van der Waals surface area contributed by atoms with Gasteiger partial charge in [-0.3, -0.25) is 0 Å². The molecule has 1 aromatic heterocycles. The third-order valence-electron chi connectivity index (χ3n) is 5.32. The Morgan fingerprint density at radius 3 is 2.06 bits per heavy atom. The molecule has 0 aliphatic rings. The highest BCUT2D eigenvalue weighted by Gasteiger charge is 2.18. The molecule has 1 heterocycles. The summed E-state index contributed by atoms with van der Waals surface area (Å²) in [6, 6.07) is 34.5. The fraction of sp³-hybridized carbons (Fsp3) is 0.0714. The van der Waals surface area contributed by atoms with E-state index in [1.165, 1.54) is 0 Å². The molecule has 0 fully saturated rings. The molecule has 0 aliphatic carbocycles. The van der Waals surface area contributed by atoms with Gasteiger partial charge in [0, 0.05) is 22.6 Å². The zero-order valence-corrected chi connectivity index (χ0v) is 17.2. The summed E-state index contributed by atoms with van der Waals surface area (Å²) < 4.78 is 17.7. The van der Waals surface area contributed by atoms with E-state index in [-0.39, 0.29) is 0 Å². The lowest BCUT2D eigenvalue weighted by molar-refractivity contribution is 0.306. The molecule has 0 aliphatic heterocycles. The summed E-state index contributed by atoms with van der Waals surface area (Å²) in [5, 5.41) is 1.06. The summed E-state index contributed by atoms with van der Waals surface area (Å²) >= 11 is 0. The van der Waals surface area contributed by atoms with Gasteiger partial charge >= 0.3 is 0 Å². The Morgan fingerprint density at radius 1 is 0.677 bits per heavy atom. The Kier molecular flexibility index (Phi) is 5.16. The van der Waals surface area contributed by atoms with Crippen LogP contribution in [0.4, 0.5) is 0 Å². The van der Waals surface area contributed by atoms with Crippen LogP contribution >= 0.6 is 0 Å². The topological polar surface area (TPSA) is 31.6 Å².